The number of carboxylic acids is 1. The van der Waals surface area contributed by atoms with Gasteiger partial charge in [-0.2, -0.15) is 9.82 Å². The van der Waals surface area contributed by atoms with E-state index in [1.807, 2.05) is 66.2 Å². The van der Waals surface area contributed by atoms with Crippen LogP contribution >= 0.6 is 0 Å². The molecule has 0 bridgehead atoms. The number of aliphatic carboxylic acids is 1. The lowest BCUT2D eigenvalue weighted by atomic mass is 10.1. The highest BCUT2D eigenvalue weighted by molar-refractivity contribution is 7.89. The molecule has 2 aromatic heterocycles. The number of fused-ring (bicyclic) bond motifs is 1. The summed E-state index contributed by atoms with van der Waals surface area (Å²) in [6, 6.07) is 22.7. The molecule has 12 heteroatoms. The van der Waals surface area contributed by atoms with E-state index in [2.05, 4.69) is 20.3 Å². The van der Waals surface area contributed by atoms with Gasteiger partial charge in [0.15, 0.2) is 0 Å². The number of rotatable bonds is 14. The summed E-state index contributed by atoms with van der Waals surface area (Å²) in [6.07, 6.45) is 3.25. The summed E-state index contributed by atoms with van der Waals surface area (Å²) < 4.78 is 30.5. The first-order valence-corrected chi connectivity index (χ1v) is 16.8. The van der Waals surface area contributed by atoms with Gasteiger partial charge in [0, 0.05) is 30.2 Å². The van der Waals surface area contributed by atoms with Gasteiger partial charge in [0.2, 0.25) is 10.0 Å². The minimum Gasteiger partial charge on any atom is -0.480 e. The lowest BCUT2D eigenvalue weighted by molar-refractivity contribution is -0.138. The van der Waals surface area contributed by atoms with Crippen LogP contribution < -0.4 is 15.4 Å². The zero-order valence-electron chi connectivity index (χ0n) is 26.5. The number of hydrogen-bond donors (Lipinski definition) is 4. The van der Waals surface area contributed by atoms with Crippen LogP contribution in [0.2, 0.25) is 0 Å². The van der Waals surface area contributed by atoms with E-state index >= 15 is 0 Å². The molecule has 0 aliphatic carbocycles. The average molecular weight is 655 g/mol. The summed E-state index contributed by atoms with van der Waals surface area (Å²) in [5.74, 6) is -1.13. The minimum atomic E-state index is -4.18. The second-order valence-electron chi connectivity index (χ2n) is 11.5. The second kappa shape index (κ2) is 14.6. The monoisotopic (exact) mass is 654 g/mol. The van der Waals surface area contributed by atoms with Crippen LogP contribution in [0.3, 0.4) is 0 Å². The molecule has 3 aromatic carbocycles. The normalized spacial score (nSPS) is 12.1. The molecule has 11 nitrogen and oxygen atoms in total. The van der Waals surface area contributed by atoms with E-state index in [4.69, 9.17) is 5.10 Å². The molecule has 4 N–H and O–H groups in total. The summed E-state index contributed by atoms with van der Waals surface area (Å²) >= 11 is 0. The molecule has 0 saturated carbocycles. The van der Waals surface area contributed by atoms with E-state index in [1.165, 1.54) is 0 Å². The standard InChI is InChI=1S/C35H38N6O5S/c1-23-18-24(2)33(25(3)19-23)47(45,46)40-30(35(43)44)21-38-34(42)27-14-15-28-29(12-9-17-37-32-13-7-8-16-36-32)39-41(31(28)20-27)22-26-10-5-4-6-11-26/h4-8,10-11,13-16,18-20,30,40H,9,12,17,21-22H2,1-3H3,(H,36,37)(H,38,42)(H,43,44). The molecule has 0 spiro atoms. The van der Waals surface area contributed by atoms with Crippen LogP contribution in [0.25, 0.3) is 10.9 Å². The molecule has 2 heterocycles. The number of benzene rings is 3. The van der Waals surface area contributed by atoms with Crippen molar-refractivity contribution in [2.75, 3.05) is 18.4 Å². The van der Waals surface area contributed by atoms with Gasteiger partial charge in [0.05, 0.1) is 22.7 Å². The third-order valence-electron chi connectivity index (χ3n) is 7.76. The Bertz CT molecular complexity index is 1970. The molecule has 0 radical (unpaired) electrons. The van der Waals surface area contributed by atoms with Gasteiger partial charge >= 0.3 is 5.97 Å². The Kier molecular flexibility index (Phi) is 10.3. The number of pyridine rings is 1. The van der Waals surface area contributed by atoms with Gasteiger partial charge in [-0.05, 0) is 74.6 Å². The van der Waals surface area contributed by atoms with Crippen LogP contribution in [-0.4, -0.2) is 59.3 Å². The van der Waals surface area contributed by atoms with Crippen LogP contribution in [0.5, 0.6) is 0 Å². The lowest BCUT2D eigenvalue weighted by Crippen LogP contribution is -2.48. The summed E-state index contributed by atoms with van der Waals surface area (Å²) in [5, 5.41) is 21.6. The number of carbonyl (C=O) groups excluding carboxylic acids is 1. The molecule has 0 aliphatic rings. The van der Waals surface area contributed by atoms with E-state index in [0.29, 0.717) is 36.2 Å². The fourth-order valence-electron chi connectivity index (χ4n) is 5.70. The van der Waals surface area contributed by atoms with Crippen LogP contribution in [0.4, 0.5) is 5.82 Å². The first-order valence-electron chi connectivity index (χ1n) is 15.3. The van der Waals surface area contributed by atoms with Crippen molar-refractivity contribution in [2.45, 2.75) is 51.1 Å². The Hall–Kier alpha value is -5.07. The largest absolute Gasteiger partial charge is 0.480 e. The third-order valence-corrected chi connectivity index (χ3v) is 9.54. The molecule has 0 fully saturated rings. The van der Waals surface area contributed by atoms with Gasteiger partial charge in [-0.15, -0.1) is 0 Å². The summed E-state index contributed by atoms with van der Waals surface area (Å²) in [5.41, 5.74) is 4.91. The molecule has 47 heavy (non-hydrogen) atoms. The molecule has 5 rings (SSSR count). The van der Waals surface area contributed by atoms with Gasteiger partial charge in [0.1, 0.15) is 11.9 Å². The molecule has 1 atom stereocenters. The Balaban J connectivity index is 1.32. The summed E-state index contributed by atoms with van der Waals surface area (Å²) in [6.45, 7) is 5.93. The van der Waals surface area contributed by atoms with Crippen LogP contribution in [0.15, 0.2) is 90.0 Å². The minimum absolute atomic E-state index is 0.0288. The van der Waals surface area contributed by atoms with Crippen LogP contribution in [0.1, 0.15) is 44.7 Å². The number of sulfonamides is 1. The highest BCUT2D eigenvalue weighted by atomic mass is 32.2. The zero-order valence-corrected chi connectivity index (χ0v) is 27.3. The molecule has 0 aliphatic heterocycles. The fourth-order valence-corrected chi connectivity index (χ4v) is 7.34. The first-order chi connectivity index (χ1) is 22.5. The fraction of sp³-hybridized carbons (Fsp3) is 0.257. The van der Waals surface area contributed by atoms with Crippen molar-refractivity contribution < 1.29 is 23.1 Å². The predicted octanol–water partition coefficient (Wildman–Crippen LogP) is 4.61. The predicted molar refractivity (Wildman–Crippen MR) is 181 cm³/mol. The molecule has 1 amide bonds. The Morgan fingerprint density at radius 2 is 1.66 bits per heavy atom. The maximum atomic E-state index is 13.3. The number of hydrogen-bond acceptors (Lipinski definition) is 7. The van der Waals surface area contributed by atoms with Crippen molar-refractivity contribution in [3.63, 3.8) is 0 Å². The SMILES string of the molecule is Cc1cc(C)c(S(=O)(=O)NC(CNC(=O)c2ccc3c(CCCNc4ccccn4)nn(Cc4ccccc4)c3c2)C(=O)O)c(C)c1. The number of aromatic nitrogens is 3. The van der Waals surface area contributed by atoms with Gasteiger partial charge < -0.3 is 15.7 Å². The molecule has 244 valence electrons. The van der Waals surface area contributed by atoms with Gasteiger partial charge in [0.25, 0.3) is 5.91 Å². The van der Waals surface area contributed by atoms with Crippen molar-refractivity contribution in [3.8, 4) is 0 Å². The zero-order chi connectivity index (χ0) is 33.6. The van der Waals surface area contributed by atoms with Crippen LogP contribution in [0, 0.1) is 20.8 Å². The van der Waals surface area contributed by atoms with E-state index in [0.717, 1.165) is 40.0 Å². The van der Waals surface area contributed by atoms with E-state index < -0.39 is 34.5 Å². The van der Waals surface area contributed by atoms with E-state index in [9.17, 15) is 23.1 Å². The highest BCUT2D eigenvalue weighted by Crippen LogP contribution is 2.24. The topological polar surface area (TPSA) is 155 Å². The number of nitrogens with zero attached hydrogens (tertiary/aromatic N) is 3. The number of anilines is 1. The van der Waals surface area contributed by atoms with Crippen molar-refractivity contribution in [1.29, 1.82) is 0 Å². The smallest absolute Gasteiger partial charge is 0.323 e. The van der Waals surface area contributed by atoms with Gasteiger partial charge in [-0.1, -0.05) is 60.2 Å². The number of carbonyl (C=O) groups is 2. The molecular formula is C35H38N6O5S. The number of aryl methyl sites for hydroxylation is 4. The quantitative estimate of drug-likeness (QED) is 0.127. The Morgan fingerprint density at radius 1 is 0.936 bits per heavy atom. The van der Waals surface area contributed by atoms with Crippen molar-refractivity contribution >= 4 is 38.6 Å². The van der Waals surface area contributed by atoms with E-state index in [-0.39, 0.29) is 4.90 Å². The van der Waals surface area contributed by atoms with Gasteiger partial charge in [-0.25, -0.2) is 13.4 Å². The highest BCUT2D eigenvalue weighted by Gasteiger charge is 2.28. The molecule has 5 aromatic rings. The molecule has 1 unspecified atom stereocenters. The van der Waals surface area contributed by atoms with Crippen molar-refractivity contribution in [2.24, 2.45) is 0 Å². The summed E-state index contributed by atoms with van der Waals surface area (Å²) in [4.78, 5) is 29.7. The number of nitrogens with one attached hydrogen (secondary N) is 3. The maximum absolute atomic E-state index is 13.3. The third kappa shape index (κ3) is 8.21. The van der Waals surface area contributed by atoms with Crippen molar-refractivity contribution in [3.05, 3.63) is 119 Å². The van der Waals surface area contributed by atoms with Crippen molar-refractivity contribution in [1.82, 2.24) is 24.8 Å². The van der Waals surface area contributed by atoms with Crippen LogP contribution in [-0.2, 0) is 27.8 Å². The first kappa shape index (κ1) is 33.3. The molecule has 0 saturated heterocycles. The average Bonchev–Trinajstić information content (AvgIpc) is 3.37. The molecular weight excluding hydrogens is 616 g/mol. The summed E-state index contributed by atoms with van der Waals surface area (Å²) in [7, 11) is -4.18. The lowest BCUT2D eigenvalue weighted by Gasteiger charge is -2.18. The Labute approximate surface area is 274 Å². The second-order valence-corrected chi connectivity index (χ2v) is 13.2. The Morgan fingerprint density at radius 3 is 2.34 bits per heavy atom. The maximum Gasteiger partial charge on any atom is 0.323 e. The van der Waals surface area contributed by atoms with E-state index in [1.54, 1.807) is 44.3 Å². The van der Waals surface area contributed by atoms with Gasteiger partial charge in [-0.3, -0.25) is 14.3 Å². The number of amides is 1. The number of carboxylic acid groups (broad SMARTS) is 1.